The van der Waals surface area contributed by atoms with E-state index in [0.29, 0.717) is 19.0 Å². The quantitative estimate of drug-likeness (QED) is 0.478. The lowest BCUT2D eigenvalue weighted by atomic mass is 10.2. The van der Waals surface area contributed by atoms with Gasteiger partial charge in [-0.2, -0.15) is 0 Å². The van der Waals surface area contributed by atoms with Crippen LogP contribution in [0.5, 0.6) is 5.75 Å². The second-order valence-corrected chi connectivity index (χ2v) is 7.26. The zero-order valence-electron chi connectivity index (χ0n) is 16.5. The molecule has 3 aromatic carbocycles. The number of ether oxygens (including phenoxy) is 1. The predicted octanol–water partition coefficient (Wildman–Crippen LogP) is 3.31. The molecule has 3 N–H and O–H groups in total. The number of rotatable bonds is 7. The standard InChI is InChI=1S/C24H25N3O2/c1-18-9-5-8-14-23(18)29-17-20(28)16-27-22-13-7-6-12-21(22)26(24(27)25)15-19-10-3-2-4-11-19/h2-14,20,25,28H,15-17H2,1H3/p+1. The van der Waals surface area contributed by atoms with Gasteiger partial charge in [0.05, 0.1) is 6.54 Å². The number of nitrogen functional groups attached to an aromatic ring is 1. The molecule has 1 heterocycles. The van der Waals surface area contributed by atoms with Crippen LogP contribution in [0.25, 0.3) is 11.0 Å². The van der Waals surface area contributed by atoms with Crippen LogP contribution >= 0.6 is 0 Å². The van der Waals surface area contributed by atoms with E-state index < -0.39 is 6.10 Å². The minimum Gasteiger partial charge on any atom is -0.490 e. The lowest BCUT2D eigenvalue weighted by Gasteiger charge is -2.13. The van der Waals surface area contributed by atoms with Crippen molar-refractivity contribution in [1.82, 2.24) is 4.57 Å². The van der Waals surface area contributed by atoms with Crippen LogP contribution in [0.2, 0.25) is 0 Å². The van der Waals surface area contributed by atoms with E-state index in [1.807, 2.05) is 72.2 Å². The molecule has 0 amide bonds. The molecule has 0 bridgehead atoms. The van der Waals surface area contributed by atoms with Gasteiger partial charge in [0, 0.05) is 0 Å². The van der Waals surface area contributed by atoms with Gasteiger partial charge in [-0.15, -0.1) is 0 Å². The fourth-order valence-electron chi connectivity index (χ4n) is 3.61. The van der Waals surface area contributed by atoms with Crippen LogP contribution in [-0.4, -0.2) is 22.4 Å². The number of para-hydroxylation sites is 3. The molecular formula is C24H26N3O2+. The molecule has 0 saturated heterocycles. The van der Waals surface area contributed by atoms with E-state index in [9.17, 15) is 5.11 Å². The number of hydrogen-bond donors (Lipinski definition) is 2. The first kappa shape index (κ1) is 19.0. The summed E-state index contributed by atoms with van der Waals surface area (Å²) in [6.07, 6.45) is -0.683. The van der Waals surface area contributed by atoms with Crippen LogP contribution in [0.1, 0.15) is 11.1 Å². The monoisotopic (exact) mass is 388 g/mol. The van der Waals surface area contributed by atoms with Gasteiger partial charge >= 0.3 is 5.95 Å². The number of nitrogens with zero attached hydrogens (tertiary/aromatic N) is 2. The van der Waals surface area contributed by atoms with Crippen molar-refractivity contribution in [1.29, 1.82) is 0 Å². The molecule has 0 aliphatic heterocycles. The van der Waals surface area contributed by atoms with Crippen LogP contribution in [0.15, 0.2) is 78.9 Å². The molecule has 29 heavy (non-hydrogen) atoms. The Morgan fingerprint density at radius 2 is 1.66 bits per heavy atom. The Labute approximate surface area is 170 Å². The largest absolute Gasteiger partial charge is 0.490 e. The molecular weight excluding hydrogens is 362 g/mol. The molecule has 5 nitrogen and oxygen atoms in total. The number of imidazole rings is 1. The highest BCUT2D eigenvalue weighted by Crippen LogP contribution is 2.19. The first-order chi connectivity index (χ1) is 14.1. The predicted molar refractivity (Wildman–Crippen MR) is 115 cm³/mol. The van der Waals surface area contributed by atoms with Crippen LogP contribution in [0.4, 0.5) is 5.95 Å². The number of nitrogens with two attached hydrogens (primary N) is 1. The fraction of sp³-hybridized carbons (Fsp3) is 0.208. The van der Waals surface area contributed by atoms with Gasteiger partial charge in [-0.25, -0.2) is 9.13 Å². The van der Waals surface area contributed by atoms with Crippen molar-refractivity contribution in [3.05, 3.63) is 90.0 Å². The van der Waals surface area contributed by atoms with E-state index in [2.05, 4.69) is 22.8 Å². The van der Waals surface area contributed by atoms with Crippen molar-refractivity contribution >= 4 is 17.0 Å². The summed E-state index contributed by atoms with van der Waals surface area (Å²) < 4.78 is 9.86. The Balaban J connectivity index is 1.57. The maximum Gasteiger partial charge on any atom is 0.356 e. The zero-order chi connectivity index (χ0) is 20.2. The lowest BCUT2D eigenvalue weighted by Crippen LogP contribution is -2.37. The molecule has 4 rings (SSSR count). The van der Waals surface area contributed by atoms with E-state index in [-0.39, 0.29) is 6.61 Å². The van der Waals surface area contributed by atoms with Crippen LogP contribution in [0.3, 0.4) is 0 Å². The van der Waals surface area contributed by atoms with E-state index >= 15 is 0 Å². The smallest absolute Gasteiger partial charge is 0.356 e. The Bertz CT molecular complexity index is 1110. The molecule has 0 saturated carbocycles. The SMILES string of the molecule is Cc1ccccc1OCC(O)Cn1c(N)[n+](Cc2ccccc2)c2ccccc21. The number of anilines is 1. The second-order valence-electron chi connectivity index (χ2n) is 7.26. The van der Waals surface area contributed by atoms with Gasteiger partial charge in [0.25, 0.3) is 0 Å². The maximum atomic E-state index is 10.6. The maximum absolute atomic E-state index is 10.6. The average molecular weight is 388 g/mol. The topological polar surface area (TPSA) is 64.3 Å². The molecule has 5 heteroatoms. The summed E-state index contributed by atoms with van der Waals surface area (Å²) in [6.45, 7) is 3.23. The second kappa shape index (κ2) is 8.37. The summed E-state index contributed by atoms with van der Waals surface area (Å²) in [4.78, 5) is 0. The van der Waals surface area contributed by atoms with Crippen molar-refractivity contribution in [3.8, 4) is 5.75 Å². The first-order valence-corrected chi connectivity index (χ1v) is 9.80. The minimum atomic E-state index is -0.683. The van der Waals surface area contributed by atoms with Gasteiger partial charge in [-0.05, 0) is 36.2 Å². The summed E-state index contributed by atoms with van der Waals surface area (Å²) in [5, 5.41) is 10.6. The molecule has 0 radical (unpaired) electrons. The van der Waals surface area contributed by atoms with Crippen molar-refractivity contribution in [3.63, 3.8) is 0 Å². The van der Waals surface area contributed by atoms with Gasteiger partial charge in [0.1, 0.15) is 36.0 Å². The van der Waals surface area contributed by atoms with E-state index in [4.69, 9.17) is 10.5 Å². The molecule has 0 aliphatic rings. The number of aromatic nitrogens is 2. The Morgan fingerprint density at radius 1 is 0.966 bits per heavy atom. The van der Waals surface area contributed by atoms with Crippen LogP contribution in [-0.2, 0) is 13.1 Å². The first-order valence-electron chi connectivity index (χ1n) is 9.80. The molecule has 0 spiro atoms. The normalized spacial score (nSPS) is 12.2. The minimum absolute atomic E-state index is 0.204. The van der Waals surface area contributed by atoms with Gasteiger partial charge in [-0.3, -0.25) is 5.73 Å². The van der Waals surface area contributed by atoms with Gasteiger partial charge < -0.3 is 9.84 Å². The highest BCUT2D eigenvalue weighted by atomic mass is 16.5. The van der Waals surface area contributed by atoms with Crippen molar-refractivity contribution in [2.75, 3.05) is 12.3 Å². The van der Waals surface area contributed by atoms with Crippen LogP contribution < -0.4 is 15.0 Å². The fourth-order valence-corrected chi connectivity index (χ4v) is 3.61. The Morgan fingerprint density at radius 3 is 2.45 bits per heavy atom. The number of aryl methyl sites for hydroxylation is 1. The van der Waals surface area contributed by atoms with Gasteiger partial charge in [-0.1, -0.05) is 60.7 Å². The molecule has 4 aromatic rings. The third kappa shape index (κ3) is 4.10. The molecule has 1 unspecified atom stereocenters. The average Bonchev–Trinajstić information content (AvgIpc) is 3.00. The highest BCUT2D eigenvalue weighted by molar-refractivity contribution is 5.74. The molecule has 1 atom stereocenters. The Kier molecular flexibility index (Phi) is 5.49. The zero-order valence-corrected chi connectivity index (χ0v) is 16.5. The number of hydrogen-bond acceptors (Lipinski definition) is 3. The molecule has 0 fully saturated rings. The third-order valence-electron chi connectivity index (χ3n) is 5.12. The van der Waals surface area contributed by atoms with Crippen LogP contribution in [0, 0.1) is 6.92 Å². The summed E-state index contributed by atoms with van der Waals surface area (Å²) in [6, 6.07) is 26.1. The number of aliphatic hydroxyl groups excluding tert-OH is 1. The molecule has 148 valence electrons. The van der Waals surface area contributed by atoms with Crippen molar-refractivity contribution in [2.45, 2.75) is 26.1 Å². The Hall–Kier alpha value is -3.31. The van der Waals surface area contributed by atoms with E-state index in [0.717, 1.165) is 22.3 Å². The molecule has 0 aliphatic carbocycles. The number of fused-ring (bicyclic) bond motifs is 1. The van der Waals surface area contributed by atoms with Crippen molar-refractivity contribution in [2.24, 2.45) is 0 Å². The lowest BCUT2D eigenvalue weighted by molar-refractivity contribution is -0.648. The van der Waals surface area contributed by atoms with E-state index in [1.165, 1.54) is 5.56 Å². The summed E-state index contributed by atoms with van der Waals surface area (Å²) in [5.41, 5.74) is 10.8. The molecule has 1 aromatic heterocycles. The summed E-state index contributed by atoms with van der Waals surface area (Å²) in [7, 11) is 0. The highest BCUT2D eigenvalue weighted by Gasteiger charge is 2.23. The van der Waals surface area contributed by atoms with E-state index in [1.54, 1.807) is 0 Å². The van der Waals surface area contributed by atoms with Crippen molar-refractivity contribution < 1.29 is 14.4 Å². The number of benzene rings is 3. The third-order valence-corrected chi connectivity index (χ3v) is 5.12. The van der Waals surface area contributed by atoms with Gasteiger partial charge in [0.2, 0.25) is 0 Å². The van der Waals surface area contributed by atoms with Gasteiger partial charge in [0.15, 0.2) is 0 Å². The number of aliphatic hydroxyl groups is 1. The summed E-state index contributed by atoms with van der Waals surface area (Å²) in [5.74, 6) is 1.40. The summed E-state index contributed by atoms with van der Waals surface area (Å²) >= 11 is 0.